The first-order valence-corrected chi connectivity index (χ1v) is 9.11. The van der Waals surface area contributed by atoms with Crippen molar-refractivity contribution in [2.75, 3.05) is 5.32 Å². The molecule has 0 radical (unpaired) electrons. The lowest BCUT2D eigenvalue weighted by molar-refractivity contribution is -0.123. The van der Waals surface area contributed by atoms with E-state index >= 15 is 0 Å². The van der Waals surface area contributed by atoms with Crippen molar-refractivity contribution >= 4 is 29.2 Å². The predicted octanol–water partition coefficient (Wildman–Crippen LogP) is 3.89. The lowest BCUT2D eigenvalue weighted by Gasteiger charge is -2.13. The van der Waals surface area contributed by atoms with E-state index in [1.165, 1.54) is 11.6 Å². The Kier molecular flexibility index (Phi) is 5.96. The third-order valence-electron chi connectivity index (χ3n) is 4.14. The number of hydrogen-bond acceptors (Lipinski definition) is 5. The third-order valence-corrected chi connectivity index (χ3v) is 4.49. The first-order valence-electron chi connectivity index (χ1n) is 8.73. The van der Waals surface area contributed by atoms with Gasteiger partial charge in [-0.15, -0.1) is 0 Å². The van der Waals surface area contributed by atoms with Gasteiger partial charge in [-0.25, -0.2) is 9.48 Å². The average molecular weight is 409 g/mol. The maximum absolute atomic E-state index is 12.6. The number of carbonyl (C=O) groups is 2. The minimum atomic E-state index is -1.06. The molecule has 8 heteroatoms. The van der Waals surface area contributed by atoms with Crippen molar-refractivity contribution in [3.63, 3.8) is 0 Å². The largest absolute Gasteiger partial charge is 0.449 e. The number of nitriles is 1. The van der Waals surface area contributed by atoms with Crippen molar-refractivity contribution in [2.24, 2.45) is 0 Å². The Balaban J connectivity index is 1.71. The standard InChI is InChI=1S/C21H17ClN4O3/c1-13-18(19(22)26(25-13)17-6-4-3-5-7-17)21(28)29-14(2)20(27)24-16-10-8-15(12-23)9-11-16/h3-11,14H,1-2H3,(H,24,27)/t14-/m1/s1. The van der Waals surface area contributed by atoms with Crippen molar-refractivity contribution in [3.8, 4) is 11.8 Å². The minimum Gasteiger partial charge on any atom is -0.449 e. The summed E-state index contributed by atoms with van der Waals surface area (Å²) in [5.41, 5.74) is 2.16. The highest BCUT2D eigenvalue weighted by molar-refractivity contribution is 6.33. The van der Waals surface area contributed by atoms with Crippen molar-refractivity contribution in [1.82, 2.24) is 9.78 Å². The van der Waals surface area contributed by atoms with E-state index in [0.29, 0.717) is 22.6 Å². The van der Waals surface area contributed by atoms with Gasteiger partial charge in [-0.1, -0.05) is 29.8 Å². The van der Waals surface area contributed by atoms with E-state index < -0.39 is 18.0 Å². The van der Waals surface area contributed by atoms with Crippen LogP contribution in [-0.4, -0.2) is 27.8 Å². The van der Waals surface area contributed by atoms with Gasteiger partial charge in [0.25, 0.3) is 5.91 Å². The molecule has 0 unspecified atom stereocenters. The molecule has 1 heterocycles. The van der Waals surface area contributed by atoms with Crippen molar-refractivity contribution in [2.45, 2.75) is 20.0 Å². The molecule has 1 aromatic heterocycles. The zero-order chi connectivity index (χ0) is 21.0. The zero-order valence-corrected chi connectivity index (χ0v) is 16.5. The molecule has 0 spiro atoms. The summed E-state index contributed by atoms with van der Waals surface area (Å²) in [6.07, 6.45) is -1.06. The first kappa shape index (κ1) is 20.1. The number of carbonyl (C=O) groups excluding carboxylic acids is 2. The molecule has 2 aromatic carbocycles. The topological polar surface area (TPSA) is 97.0 Å². The summed E-state index contributed by atoms with van der Waals surface area (Å²) in [6.45, 7) is 3.10. The maximum atomic E-state index is 12.6. The highest BCUT2D eigenvalue weighted by Gasteiger charge is 2.26. The Labute approximate surface area is 172 Å². The van der Waals surface area contributed by atoms with Crippen LogP contribution in [0.5, 0.6) is 0 Å². The molecule has 1 N–H and O–H groups in total. The molecule has 0 aliphatic carbocycles. The van der Waals surface area contributed by atoms with E-state index in [-0.39, 0.29) is 10.7 Å². The molecule has 7 nitrogen and oxygen atoms in total. The molecule has 29 heavy (non-hydrogen) atoms. The molecule has 0 saturated heterocycles. The van der Waals surface area contributed by atoms with Crippen LogP contribution in [0.15, 0.2) is 54.6 Å². The number of nitrogens with one attached hydrogen (secondary N) is 1. The number of aryl methyl sites for hydroxylation is 1. The second-order valence-electron chi connectivity index (χ2n) is 6.22. The van der Waals surface area contributed by atoms with Gasteiger partial charge in [0.15, 0.2) is 6.10 Å². The molecule has 0 fully saturated rings. The van der Waals surface area contributed by atoms with Crippen molar-refractivity contribution in [3.05, 3.63) is 76.6 Å². The molecule has 0 saturated carbocycles. The number of benzene rings is 2. The molecule has 0 aliphatic heterocycles. The molecule has 0 aliphatic rings. The summed E-state index contributed by atoms with van der Waals surface area (Å²) in [5, 5.41) is 15.8. The number of esters is 1. The smallest absolute Gasteiger partial charge is 0.344 e. The van der Waals surface area contributed by atoms with Gasteiger partial charge in [0.2, 0.25) is 0 Å². The number of rotatable bonds is 5. The zero-order valence-electron chi connectivity index (χ0n) is 15.7. The lowest BCUT2D eigenvalue weighted by Crippen LogP contribution is -2.30. The Morgan fingerprint density at radius 2 is 1.83 bits per heavy atom. The van der Waals surface area contributed by atoms with E-state index in [1.54, 1.807) is 43.3 Å². The average Bonchev–Trinajstić information content (AvgIpc) is 3.03. The van der Waals surface area contributed by atoms with Gasteiger partial charge in [-0.05, 0) is 50.2 Å². The Hall–Kier alpha value is -3.63. The Morgan fingerprint density at radius 1 is 1.17 bits per heavy atom. The fourth-order valence-electron chi connectivity index (χ4n) is 2.62. The number of para-hydroxylation sites is 1. The summed E-state index contributed by atoms with van der Waals surface area (Å²) < 4.78 is 6.72. The summed E-state index contributed by atoms with van der Waals surface area (Å²) in [6, 6.07) is 17.5. The monoisotopic (exact) mass is 408 g/mol. The third kappa shape index (κ3) is 4.45. The van der Waals surface area contributed by atoms with E-state index in [2.05, 4.69) is 10.4 Å². The van der Waals surface area contributed by atoms with Crippen LogP contribution in [0.4, 0.5) is 5.69 Å². The number of hydrogen-bond donors (Lipinski definition) is 1. The van der Waals surface area contributed by atoms with Crippen LogP contribution in [0.3, 0.4) is 0 Å². The van der Waals surface area contributed by atoms with Gasteiger partial charge in [-0.3, -0.25) is 4.79 Å². The Bertz CT molecular complexity index is 1090. The fraction of sp³-hybridized carbons (Fsp3) is 0.143. The fourth-order valence-corrected chi connectivity index (χ4v) is 2.97. The van der Waals surface area contributed by atoms with Crippen LogP contribution in [0.25, 0.3) is 5.69 Å². The van der Waals surface area contributed by atoms with Gasteiger partial charge in [0.1, 0.15) is 10.7 Å². The molecule has 3 aromatic rings. The van der Waals surface area contributed by atoms with Gasteiger partial charge in [0, 0.05) is 5.69 Å². The SMILES string of the molecule is Cc1nn(-c2ccccc2)c(Cl)c1C(=O)O[C@H](C)C(=O)Nc1ccc(C#N)cc1. The lowest BCUT2D eigenvalue weighted by atomic mass is 10.2. The van der Waals surface area contributed by atoms with Crippen LogP contribution in [-0.2, 0) is 9.53 Å². The number of halogens is 1. The van der Waals surface area contributed by atoms with Crippen molar-refractivity contribution < 1.29 is 14.3 Å². The maximum Gasteiger partial charge on any atom is 0.344 e. The van der Waals surface area contributed by atoms with E-state index in [0.717, 1.165) is 0 Å². The van der Waals surface area contributed by atoms with Gasteiger partial charge < -0.3 is 10.1 Å². The molecular formula is C21H17ClN4O3. The molecule has 0 bridgehead atoms. The summed E-state index contributed by atoms with van der Waals surface area (Å²) in [5.74, 6) is -1.25. The molecule has 3 rings (SSSR count). The van der Waals surface area contributed by atoms with Gasteiger partial charge in [-0.2, -0.15) is 10.4 Å². The summed E-state index contributed by atoms with van der Waals surface area (Å²) >= 11 is 6.35. The first-order chi connectivity index (χ1) is 13.9. The molecular weight excluding hydrogens is 392 g/mol. The molecule has 1 amide bonds. The number of anilines is 1. The quantitative estimate of drug-likeness (QED) is 0.646. The van der Waals surface area contributed by atoms with Crippen LogP contribution >= 0.6 is 11.6 Å². The van der Waals surface area contributed by atoms with E-state index in [9.17, 15) is 9.59 Å². The second kappa shape index (κ2) is 8.59. The second-order valence-corrected chi connectivity index (χ2v) is 6.58. The summed E-state index contributed by atoms with van der Waals surface area (Å²) in [4.78, 5) is 24.9. The molecule has 146 valence electrons. The van der Waals surface area contributed by atoms with Crippen LogP contribution < -0.4 is 5.32 Å². The number of ether oxygens (including phenoxy) is 1. The van der Waals surface area contributed by atoms with Gasteiger partial charge in [0.05, 0.1) is 23.0 Å². The van der Waals surface area contributed by atoms with Gasteiger partial charge >= 0.3 is 5.97 Å². The normalized spacial score (nSPS) is 11.4. The highest BCUT2D eigenvalue weighted by Crippen LogP contribution is 2.24. The number of nitrogens with zero attached hydrogens (tertiary/aromatic N) is 3. The number of amides is 1. The Morgan fingerprint density at radius 3 is 2.45 bits per heavy atom. The number of aromatic nitrogens is 2. The van der Waals surface area contributed by atoms with E-state index in [4.69, 9.17) is 21.6 Å². The van der Waals surface area contributed by atoms with Crippen LogP contribution in [0.1, 0.15) is 28.5 Å². The highest BCUT2D eigenvalue weighted by atomic mass is 35.5. The van der Waals surface area contributed by atoms with Crippen molar-refractivity contribution in [1.29, 1.82) is 5.26 Å². The molecule has 1 atom stereocenters. The predicted molar refractivity (Wildman–Crippen MR) is 108 cm³/mol. The van der Waals surface area contributed by atoms with Crippen LogP contribution in [0.2, 0.25) is 5.15 Å². The van der Waals surface area contributed by atoms with E-state index in [1.807, 2.05) is 24.3 Å². The summed E-state index contributed by atoms with van der Waals surface area (Å²) in [7, 11) is 0. The minimum absolute atomic E-state index is 0.105. The van der Waals surface area contributed by atoms with Crippen LogP contribution in [0, 0.1) is 18.3 Å².